The summed E-state index contributed by atoms with van der Waals surface area (Å²) >= 11 is 2.13. The first-order chi connectivity index (χ1) is 7.69. The number of carbonyl (C=O) groups excluding carboxylic acids is 1. The summed E-state index contributed by atoms with van der Waals surface area (Å²) in [6.45, 7) is 5.68. The molecule has 0 unspecified atom stereocenters. The van der Waals surface area contributed by atoms with Gasteiger partial charge in [0.2, 0.25) is 5.91 Å². The van der Waals surface area contributed by atoms with Crippen molar-refractivity contribution >= 4 is 34.3 Å². The number of carbonyl (C=O) groups is 1. The molecule has 1 rings (SSSR count). The topological polar surface area (TPSA) is 58.1 Å². The second-order valence-electron chi connectivity index (χ2n) is 3.14. The maximum absolute atomic E-state index is 11.7. The number of anilines is 1. The van der Waals surface area contributed by atoms with Crippen LogP contribution in [0.25, 0.3) is 0 Å². The van der Waals surface area contributed by atoms with Crippen molar-refractivity contribution in [2.24, 2.45) is 0 Å². The Morgan fingerprint density at radius 2 is 2.19 bits per heavy atom. The number of aromatic nitrogens is 2. The standard InChI is InChI=1S/C10H15IN4O/c1-3-15(4-2)9(16)6-13-10-8(11)5-12-7-14-10/h5,7H,3-4,6H2,1-2H3,(H,12,13,14). The van der Waals surface area contributed by atoms with Gasteiger partial charge in [0.15, 0.2) is 0 Å². The molecule has 1 aromatic heterocycles. The number of hydrogen-bond donors (Lipinski definition) is 1. The fourth-order valence-electron chi connectivity index (χ4n) is 1.29. The van der Waals surface area contributed by atoms with Crippen LogP contribution in [-0.2, 0) is 4.79 Å². The van der Waals surface area contributed by atoms with Crippen LogP contribution in [0.4, 0.5) is 5.82 Å². The Labute approximate surface area is 109 Å². The molecule has 0 aliphatic rings. The number of hydrogen-bond acceptors (Lipinski definition) is 4. The third kappa shape index (κ3) is 3.58. The number of likely N-dealkylation sites (N-methyl/N-ethyl adjacent to an activating group) is 1. The van der Waals surface area contributed by atoms with Crippen molar-refractivity contribution in [2.45, 2.75) is 13.8 Å². The molecule has 0 saturated heterocycles. The molecule has 88 valence electrons. The van der Waals surface area contributed by atoms with Crippen molar-refractivity contribution in [3.8, 4) is 0 Å². The molecule has 0 fully saturated rings. The van der Waals surface area contributed by atoms with Gasteiger partial charge < -0.3 is 10.2 Å². The van der Waals surface area contributed by atoms with Crippen molar-refractivity contribution in [1.82, 2.24) is 14.9 Å². The summed E-state index contributed by atoms with van der Waals surface area (Å²) in [6, 6.07) is 0. The van der Waals surface area contributed by atoms with E-state index < -0.39 is 0 Å². The lowest BCUT2D eigenvalue weighted by molar-refractivity contribution is -0.128. The quantitative estimate of drug-likeness (QED) is 0.826. The van der Waals surface area contributed by atoms with Gasteiger partial charge in [0, 0.05) is 19.3 Å². The number of nitrogens with one attached hydrogen (secondary N) is 1. The third-order valence-electron chi connectivity index (χ3n) is 2.19. The smallest absolute Gasteiger partial charge is 0.241 e. The van der Waals surface area contributed by atoms with E-state index in [1.54, 1.807) is 11.1 Å². The Kier molecular flexibility index (Phi) is 5.44. The van der Waals surface area contributed by atoms with Crippen molar-refractivity contribution < 1.29 is 4.79 Å². The van der Waals surface area contributed by atoms with Crippen LogP contribution in [-0.4, -0.2) is 40.4 Å². The predicted octanol–water partition coefficient (Wildman–Crippen LogP) is 1.36. The highest BCUT2D eigenvalue weighted by Crippen LogP contribution is 2.11. The van der Waals surface area contributed by atoms with Crippen LogP contribution in [0, 0.1) is 3.57 Å². The summed E-state index contributed by atoms with van der Waals surface area (Å²) in [5, 5.41) is 3.01. The zero-order valence-corrected chi connectivity index (χ0v) is 11.6. The Morgan fingerprint density at radius 3 is 2.75 bits per heavy atom. The van der Waals surface area contributed by atoms with E-state index in [0.717, 1.165) is 16.7 Å². The SMILES string of the molecule is CCN(CC)C(=O)CNc1ncncc1I. The zero-order valence-electron chi connectivity index (χ0n) is 9.40. The fourth-order valence-corrected chi connectivity index (χ4v) is 1.78. The summed E-state index contributed by atoms with van der Waals surface area (Å²) in [7, 11) is 0. The molecule has 0 spiro atoms. The molecular formula is C10H15IN4O. The van der Waals surface area contributed by atoms with Crippen molar-refractivity contribution in [3.05, 3.63) is 16.1 Å². The summed E-state index contributed by atoms with van der Waals surface area (Å²) in [6.07, 6.45) is 3.17. The highest BCUT2D eigenvalue weighted by atomic mass is 127. The van der Waals surface area contributed by atoms with E-state index in [0.29, 0.717) is 5.82 Å². The molecule has 5 nitrogen and oxygen atoms in total. The lowest BCUT2D eigenvalue weighted by Crippen LogP contribution is -2.35. The van der Waals surface area contributed by atoms with Crippen LogP contribution in [0.15, 0.2) is 12.5 Å². The molecule has 0 aliphatic carbocycles. The van der Waals surface area contributed by atoms with Gasteiger partial charge in [0.25, 0.3) is 0 Å². The Balaban J connectivity index is 2.52. The summed E-state index contributed by atoms with van der Waals surface area (Å²) in [4.78, 5) is 21.4. The molecular weight excluding hydrogens is 319 g/mol. The molecule has 1 amide bonds. The molecule has 1 aromatic rings. The summed E-state index contributed by atoms with van der Waals surface area (Å²) in [5.74, 6) is 0.788. The van der Waals surface area contributed by atoms with Gasteiger partial charge in [-0.1, -0.05) is 0 Å². The molecule has 0 radical (unpaired) electrons. The van der Waals surface area contributed by atoms with E-state index in [9.17, 15) is 4.79 Å². The van der Waals surface area contributed by atoms with Gasteiger partial charge in [-0.25, -0.2) is 9.97 Å². The second-order valence-corrected chi connectivity index (χ2v) is 4.30. The normalized spacial score (nSPS) is 9.94. The van der Waals surface area contributed by atoms with Crippen molar-refractivity contribution in [3.63, 3.8) is 0 Å². The first-order valence-corrected chi connectivity index (χ1v) is 6.24. The highest BCUT2D eigenvalue weighted by Gasteiger charge is 2.09. The van der Waals surface area contributed by atoms with Crippen LogP contribution in [0.5, 0.6) is 0 Å². The van der Waals surface area contributed by atoms with E-state index in [-0.39, 0.29) is 12.5 Å². The average Bonchev–Trinajstić information content (AvgIpc) is 2.29. The van der Waals surface area contributed by atoms with Crippen LogP contribution in [0.1, 0.15) is 13.8 Å². The van der Waals surface area contributed by atoms with Crippen LogP contribution >= 0.6 is 22.6 Å². The molecule has 16 heavy (non-hydrogen) atoms. The number of halogens is 1. The van der Waals surface area contributed by atoms with Gasteiger partial charge in [0.05, 0.1) is 10.1 Å². The lowest BCUT2D eigenvalue weighted by atomic mass is 10.4. The minimum Gasteiger partial charge on any atom is -0.360 e. The van der Waals surface area contributed by atoms with E-state index >= 15 is 0 Å². The maximum atomic E-state index is 11.7. The Bertz CT molecular complexity index is 354. The van der Waals surface area contributed by atoms with E-state index in [1.807, 2.05) is 13.8 Å². The molecule has 0 aromatic carbocycles. The van der Waals surface area contributed by atoms with Gasteiger partial charge in [-0.3, -0.25) is 4.79 Å². The van der Waals surface area contributed by atoms with Gasteiger partial charge in [-0.2, -0.15) is 0 Å². The number of nitrogens with zero attached hydrogens (tertiary/aromatic N) is 3. The van der Waals surface area contributed by atoms with Crippen LogP contribution in [0.2, 0.25) is 0 Å². The van der Waals surface area contributed by atoms with Crippen LogP contribution < -0.4 is 5.32 Å². The molecule has 0 atom stereocenters. The second kappa shape index (κ2) is 6.62. The fraction of sp³-hybridized carbons (Fsp3) is 0.500. The maximum Gasteiger partial charge on any atom is 0.241 e. The van der Waals surface area contributed by atoms with Gasteiger partial charge in [0.1, 0.15) is 12.1 Å². The first-order valence-electron chi connectivity index (χ1n) is 5.16. The Hall–Kier alpha value is -0.920. The van der Waals surface area contributed by atoms with E-state index in [2.05, 4.69) is 37.9 Å². The number of rotatable bonds is 5. The zero-order chi connectivity index (χ0) is 12.0. The molecule has 1 heterocycles. The monoisotopic (exact) mass is 334 g/mol. The van der Waals surface area contributed by atoms with E-state index in [1.165, 1.54) is 6.33 Å². The Morgan fingerprint density at radius 1 is 1.50 bits per heavy atom. The van der Waals surface area contributed by atoms with Gasteiger partial charge in [-0.05, 0) is 36.4 Å². The summed E-state index contributed by atoms with van der Waals surface area (Å²) < 4.78 is 0.910. The van der Waals surface area contributed by atoms with Crippen molar-refractivity contribution in [2.75, 3.05) is 25.0 Å². The molecule has 0 aliphatic heterocycles. The predicted molar refractivity (Wildman–Crippen MR) is 71.2 cm³/mol. The van der Waals surface area contributed by atoms with Gasteiger partial charge >= 0.3 is 0 Å². The first kappa shape index (κ1) is 13.1. The minimum absolute atomic E-state index is 0.0828. The molecule has 0 bridgehead atoms. The average molecular weight is 334 g/mol. The van der Waals surface area contributed by atoms with Crippen LogP contribution in [0.3, 0.4) is 0 Å². The van der Waals surface area contributed by atoms with Crippen molar-refractivity contribution in [1.29, 1.82) is 0 Å². The minimum atomic E-state index is 0.0828. The third-order valence-corrected chi connectivity index (χ3v) is 2.98. The lowest BCUT2D eigenvalue weighted by Gasteiger charge is -2.18. The molecule has 6 heteroatoms. The van der Waals surface area contributed by atoms with Gasteiger partial charge in [-0.15, -0.1) is 0 Å². The highest BCUT2D eigenvalue weighted by molar-refractivity contribution is 14.1. The van der Waals surface area contributed by atoms with E-state index in [4.69, 9.17) is 0 Å². The molecule has 0 saturated carbocycles. The summed E-state index contributed by atoms with van der Waals surface area (Å²) in [5.41, 5.74) is 0. The molecule has 1 N–H and O–H groups in total. The number of amides is 1. The largest absolute Gasteiger partial charge is 0.360 e.